The number of nitrogens with one attached hydrogen (secondary N) is 2. The third-order valence-corrected chi connectivity index (χ3v) is 5.40. The lowest BCUT2D eigenvalue weighted by atomic mass is 10.0. The number of hydrogen-bond acceptors (Lipinski definition) is 6. The van der Waals surface area contributed by atoms with Gasteiger partial charge in [0.25, 0.3) is 5.91 Å². The number of fused-ring (bicyclic) bond motifs is 1. The molecule has 1 saturated carbocycles. The number of carbonyl (C=O) groups excluding carboxylic acids is 1. The van der Waals surface area contributed by atoms with E-state index in [4.69, 9.17) is 11.5 Å². The fourth-order valence-electron chi connectivity index (χ4n) is 3.51. The summed E-state index contributed by atoms with van der Waals surface area (Å²) >= 11 is 0. The molecule has 3 aromatic rings. The molecule has 0 saturated heterocycles. The molecular formula is C22H25FN6O. The van der Waals surface area contributed by atoms with Crippen molar-refractivity contribution in [1.82, 2.24) is 9.97 Å². The van der Waals surface area contributed by atoms with Gasteiger partial charge in [0, 0.05) is 29.1 Å². The summed E-state index contributed by atoms with van der Waals surface area (Å²) in [5.74, 6) is -0.601. The van der Waals surface area contributed by atoms with Crippen molar-refractivity contribution in [2.24, 2.45) is 17.4 Å². The van der Waals surface area contributed by atoms with Crippen molar-refractivity contribution < 1.29 is 9.18 Å². The summed E-state index contributed by atoms with van der Waals surface area (Å²) in [7, 11) is 0. The van der Waals surface area contributed by atoms with E-state index < -0.39 is 11.7 Å². The lowest BCUT2D eigenvalue weighted by molar-refractivity contribution is 0.100. The van der Waals surface area contributed by atoms with Crippen LogP contribution in [0.15, 0.2) is 42.7 Å². The Morgan fingerprint density at radius 2 is 2.03 bits per heavy atom. The second-order valence-electron chi connectivity index (χ2n) is 7.90. The molecule has 0 aliphatic heterocycles. The van der Waals surface area contributed by atoms with Gasteiger partial charge in [-0.05, 0) is 25.3 Å². The molecule has 6 N–H and O–H groups in total. The van der Waals surface area contributed by atoms with Crippen LogP contribution in [-0.2, 0) is 0 Å². The average molecular weight is 408 g/mol. The zero-order valence-electron chi connectivity index (χ0n) is 16.7. The van der Waals surface area contributed by atoms with Crippen LogP contribution in [0.2, 0.25) is 0 Å². The van der Waals surface area contributed by atoms with E-state index in [-0.39, 0.29) is 29.3 Å². The average Bonchev–Trinajstić information content (AvgIpc) is 3.53. The molecule has 2 heterocycles. The van der Waals surface area contributed by atoms with Gasteiger partial charge in [-0.3, -0.25) is 9.78 Å². The van der Waals surface area contributed by atoms with Crippen LogP contribution in [0.4, 0.5) is 21.7 Å². The topological polar surface area (TPSA) is 119 Å². The highest BCUT2D eigenvalue weighted by Crippen LogP contribution is 2.35. The number of primary amides is 1. The third kappa shape index (κ3) is 4.33. The number of amides is 1. The number of halogens is 1. The first-order valence-electron chi connectivity index (χ1n) is 10.0. The third-order valence-electron chi connectivity index (χ3n) is 5.40. The summed E-state index contributed by atoms with van der Waals surface area (Å²) in [6.07, 6.45) is 6.56. The van der Waals surface area contributed by atoms with Gasteiger partial charge in [-0.15, -0.1) is 0 Å². The molecule has 0 unspecified atom stereocenters. The minimum atomic E-state index is -0.773. The highest BCUT2D eigenvalue weighted by molar-refractivity contribution is 6.01. The Balaban J connectivity index is 1.70. The molecule has 1 aliphatic carbocycles. The number of aromatic nitrogens is 2. The molecule has 30 heavy (non-hydrogen) atoms. The van der Waals surface area contributed by atoms with Crippen LogP contribution in [0.1, 0.15) is 36.5 Å². The molecule has 4 rings (SSSR count). The van der Waals surface area contributed by atoms with E-state index in [9.17, 15) is 9.18 Å². The molecule has 1 amide bonds. The maximum atomic E-state index is 14.7. The van der Waals surface area contributed by atoms with E-state index in [0.29, 0.717) is 11.6 Å². The summed E-state index contributed by atoms with van der Waals surface area (Å²) < 4.78 is 14.7. The van der Waals surface area contributed by atoms with Crippen molar-refractivity contribution in [3.8, 4) is 0 Å². The minimum absolute atomic E-state index is 0.0366. The number of benzene rings is 1. The van der Waals surface area contributed by atoms with E-state index in [1.54, 1.807) is 12.4 Å². The zero-order valence-corrected chi connectivity index (χ0v) is 16.7. The summed E-state index contributed by atoms with van der Waals surface area (Å²) in [5.41, 5.74) is 12.2. The molecular weight excluding hydrogens is 383 g/mol. The highest BCUT2D eigenvalue weighted by Gasteiger charge is 2.28. The fraction of sp³-hybridized carbons (Fsp3) is 0.318. The van der Waals surface area contributed by atoms with Crippen LogP contribution < -0.4 is 22.1 Å². The van der Waals surface area contributed by atoms with Crippen LogP contribution in [0, 0.1) is 11.7 Å². The van der Waals surface area contributed by atoms with E-state index in [0.717, 1.165) is 23.3 Å². The van der Waals surface area contributed by atoms with Gasteiger partial charge >= 0.3 is 0 Å². The first kappa shape index (κ1) is 20.0. The number of carbonyl (C=O) groups is 1. The first-order valence-corrected chi connectivity index (χ1v) is 10.0. The smallest absolute Gasteiger partial charge is 0.252 e. The van der Waals surface area contributed by atoms with Crippen molar-refractivity contribution in [3.05, 3.63) is 54.1 Å². The molecule has 156 valence electrons. The molecule has 7 nitrogen and oxygen atoms in total. The Morgan fingerprint density at radius 3 is 2.73 bits per heavy atom. The first-order chi connectivity index (χ1) is 14.4. The van der Waals surface area contributed by atoms with Gasteiger partial charge in [-0.2, -0.15) is 0 Å². The van der Waals surface area contributed by atoms with Gasteiger partial charge in [-0.25, -0.2) is 9.37 Å². The molecule has 8 heteroatoms. The highest BCUT2D eigenvalue weighted by atomic mass is 19.1. The van der Waals surface area contributed by atoms with Crippen molar-refractivity contribution in [1.29, 1.82) is 0 Å². The number of pyridine rings is 2. The number of rotatable bonds is 8. The summed E-state index contributed by atoms with van der Waals surface area (Å²) in [5, 5.41) is 8.05. The minimum Gasteiger partial charge on any atom is -0.365 e. The fourth-order valence-corrected chi connectivity index (χ4v) is 3.51. The van der Waals surface area contributed by atoms with E-state index >= 15 is 0 Å². The van der Waals surface area contributed by atoms with E-state index in [2.05, 4.69) is 20.6 Å². The maximum absolute atomic E-state index is 14.7. The summed E-state index contributed by atoms with van der Waals surface area (Å²) in [4.78, 5) is 20.5. The quantitative estimate of drug-likeness (QED) is 0.453. The van der Waals surface area contributed by atoms with Crippen molar-refractivity contribution >= 4 is 34.0 Å². The Hall–Kier alpha value is -3.26. The van der Waals surface area contributed by atoms with Gasteiger partial charge in [0.2, 0.25) is 0 Å². The van der Waals surface area contributed by atoms with Crippen molar-refractivity contribution in [2.75, 3.05) is 10.6 Å². The second-order valence-corrected chi connectivity index (χ2v) is 7.90. The maximum Gasteiger partial charge on any atom is 0.252 e. The lowest BCUT2D eigenvalue weighted by Gasteiger charge is -2.24. The number of anilines is 3. The SMILES string of the molecule is C[C@H](N)[C@@H](CC1CC1)Nc1nc(Nc2cncc3ccccc23)c(C(N)=O)cc1F. The van der Waals surface area contributed by atoms with Crippen LogP contribution in [0.5, 0.6) is 0 Å². The molecule has 1 aromatic carbocycles. The number of nitrogens with two attached hydrogens (primary N) is 2. The van der Waals surface area contributed by atoms with Crippen LogP contribution in [0.25, 0.3) is 10.8 Å². The van der Waals surface area contributed by atoms with Gasteiger partial charge in [-0.1, -0.05) is 37.1 Å². The number of nitrogens with zero attached hydrogens (tertiary/aromatic N) is 2. The van der Waals surface area contributed by atoms with Gasteiger partial charge in [0.05, 0.1) is 17.4 Å². The molecule has 1 fully saturated rings. The summed E-state index contributed by atoms with van der Waals surface area (Å²) in [6, 6.07) is 8.47. The Labute approximate surface area is 174 Å². The van der Waals surface area contributed by atoms with Crippen LogP contribution in [-0.4, -0.2) is 28.0 Å². The lowest BCUT2D eigenvalue weighted by Crippen LogP contribution is -2.39. The molecule has 2 atom stereocenters. The van der Waals surface area contributed by atoms with E-state index in [1.165, 1.54) is 12.8 Å². The van der Waals surface area contributed by atoms with Gasteiger partial charge in [0.1, 0.15) is 5.82 Å². The number of hydrogen-bond donors (Lipinski definition) is 4. The monoisotopic (exact) mass is 408 g/mol. The van der Waals surface area contributed by atoms with Crippen LogP contribution >= 0.6 is 0 Å². The van der Waals surface area contributed by atoms with Gasteiger partial charge in [0.15, 0.2) is 11.6 Å². The molecule has 2 aromatic heterocycles. The Bertz CT molecular complexity index is 1080. The summed E-state index contributed by atoms with van der Waals surface area (Å²) in [6.45, 7) is 1.89. The van der Waals surface area contributed by atoms with Crippen LogP contribution in [0.3, 0.4) is 0 Å². The second kappa shape index (κ2) is 8.23. The predicted octanol–water partition coefficient (Wildman–Crippen LogP) is 3.54. The van der Waals surface area contributed by atoms with Crippen molar-refractivity contribution in [3.63, 3.8) is 0 Å². The normalized spacial score (nSPS) is 15.6. The zero-order chi connectivity index (χ0) is 21.3. The molecule has 0 radical (unpaired) electrons. The standard InChI is InChI=1S/C22H25FN6O/c1-12(24)18(8-13-6-7-13)27-22-17(23)9-16(20(25)30)21(29-22)28-19-11-26-10-14-4-2-3-5-15(14)19/h2-5,9-13,18H,6-8,24H2,1H3,(H2,25,30)(H2,27,28,29)/t12-,18+/m0/s1. The van der Waals surface area contributed by atoms with Gasteiger partial charge < -0.3 is 22.1 Å². The van der Waals surface area contributed by atoms with E-state index in [1.807, 2.05) is 31.2 Å². The Morgan fingerprint density at radius 1 is 1.27 bits per heavy atom. The predicted molar refractivity (Wildman–Crippen MR) is 116 cm³/mol. The largest absolute Gasteiger partial charge is 0.365 e. The van der Waals surface area contributed by atoms with Crippen molar-refractivity contribution in [2.45, 2.75) is 38.3 Å². The molecule has 1 aliphatic rings. The molecule has 0 bridgehead atoms. The molecule has 0 spiro atoms. The Kier molecular flexibility index (Phi) is 5.50.